The molecular formula is C27H32O6. The van der Waals surface area contributed by atoms with Crippen molar-refractivity contribution in [3.63, 3.8) is 0 Å². The molecule has 176 valence electrons. The number of Topliss-reactive ketones (excluding diaryl/α,β-unsaturated/α-hetero) is 3. The van der Waals surface area contributed by atoms with Gasteiger partial charge in [-0.15, -0.1) is 0 Å². The van der Waals surface area contributed by atoms with Crippen molar-refractivity contribution in [2.24, 2.45) is 23.7 Å². The van der Waals surface area contributed by atoms with Gasteiger partial charge >= 0.3 is 0 Å². The first-order valence-electron chi connectivity index (χ1n) is 11.8. The molecule has 4 rings (SSSR count). The zero-order valence-electron chi connectivity index (χ0n) is 19.9. The van der Waals surface area contributed by atoms with E-state index in [0.717, 1.165) is 16.7 Å². The van der Waals surface area contributed by atoms with E-state index in [1.165, 1.54) is 6.92 Å². The van der Waals surface area contributed by atoms with E-state index in [0.29, 0.717) is 30.7 Å². The third-order valence-electron chi connectivity index (χ3n) is 7.36. The van der Waals surface area contributed by atoms with Crippen LogP contribution >= 0.6 is 0 Å². The van der Waals surface area contributed by atoms with Gasteiger partial charge in [0.05, 0.1) is 17.1 Å². The molecule has 0 aromatic heterocycles. The Labute approximate surface area is 194 Å². The van der Waals surface area contributed by atoms with Crippen molar-refractivity contribution in [3.05, 3.63) is 45.2 Å². The number of aliphatic hydroxyl groups is 2. The summed E-state index contributed by atoms with van der Waals surface area (Å²) in [7, 11) is 0. The molecule has 6 nitrogen and oxygen atoms in total. The molecule has 1 saturated carbocycles. The highest BCUT2D eigenvalue weighted by atomic mass is 16.3. The van der Waals surface area contributed by atoms with Gasteiger partial charge in [-0.3, -0.25) is 14.4 Å². The highest BCUT2D eigenvalue weighted by Crippen LogP contribution is 2.51. The molecule has 1 aromatic rings. The summed E-state index contributed by atoms with van der Waals surface area (Å²) in [6.45, 7) is 9.44. The number of allylic oxidation sites excluding steroid dienone is 3. The lowest BCUT2D eigenvalue weighted by molar-refractivity contribution is -0.127. The number of ketones is 3. The summed E-state index contributed by atoms with van der Waals surface area (Å²) >= 11 is 0. The number of aliphatic hydroxyl groups excluding tert-OH is 2. The van der Waals surface area contributed by atoms with Crippen LogP contribution in [0.2, 0.25) is 0 Å². The number of aromatic hydroxyl groups is 1. The number of hydrogen-bond donors (Lipinski definition) is 3. The van der Waals surface area contributed by atoms with Gasteiger partial charge in [-0.1, -0.05) is 33.8 Å². The van der Waals surface area contributed by atoms with Crippen molar-refractivity contribution >= 4 is 23.1 Å². The molecule has 0 heterocycles. The summed E-state index contributed by atoms with van der Waals surface area (Å²) in [6, 6.07) is 2.02. The molecule has 0 spiro atoms. The molecule has 3 aliphatic rings. The first-order valence-corrected chi connectivity index (χ1v) is 11.8. The van der Waals surface area contributed by atoms with E-state index >= 15 is 0 Å². The number of benzene rings is 1. The Morgan fingerprint density at radius 3 is 2.33 bits per heavy atom. The third kappa shape index (κ3) is 3.60. The Balaban J connectivity index is 1.91. The number of phenolic OH excluding ortho intramolecular Hbond substituents is 1. The van der Waals surface area contributed by atoms with Crippen LogP contribution in [0, 0.1) is 23.7 Å². The number of hydrogen-bond acceptors (Lipinski definition) is 6. The smallest absolute Gasteiger partial charge is 0.173 e. The number of carbonyl (C=O) groups excluding carboxylic acids is 3. The minimum Gasteiger partial charge on any atom is -0.511 e. The van der Waals surface area contributed by atoms with Crippen LogP contribution in [0.1, 0.15) is 75.6 Å². The van der Waals surface area contributed by atoms with Gasteiger partial charge in [0.25, 0.3) is 0 Å². The van der Waals surface area contributed by atoms with Crippen molar-refractivity contribution in [2.75, 3.05) is 0 Å². The summed E-state index contributed by atoms with van der Waals surface area (Å²) in [6.07, 6.45) is 1.59. The summed E-state index contributed by atoms with van der Waals surface area (Å²) in [5, 5.41) is 33.2. The average Bonchev–Trinajstić information content (AvgIpc) is 2.68. The maximum atomic E-state index is 13.6. The Kier molecular flexibility index (Phi) is 5.75. The van der Waals surface area contributed by atoms with Crippen molar-refractivity contribution < 1.29 is 29.7 Å². The van der Waals surface area contributed by atoms with Gasteiger partial charge in [-0.2, -0.15) is 0 Å². The zero-order valence-corrected chi connectivity index (χ0v) is 19.9. The second kappa shape index (κ2) is 8.15. The van der Waals surface area contributed by atoms with Crippen molar-refractivity contribution in [1.82, 2.24) is 0 Å². The van der Waals surface area contributed by atoms with Crippen molar-refractivity contribution in [3.8, 4) is 5.75 Å². The average molecular weight is 453 g/mol. The Bertz CT molecular complexity index is 1130. The predicted molar refractivity (Wildman–Crippen MR) is 124 cm³/mol. The van der Waals surface area contributed by atoms with Crippen LogP contribution in [0.4, 0.5) is 0 Å². The topological polar surface area (TPSA) is 112 Å². The summed E-state index contributed by atoms with van der Waals surface area (Å²) in [5.74, 6) is -3.42. The van der Waals surface area contributed by atoms with Gasteiger partial charge in [0.15, 0.2) is 17.3 Å². The van der Waals surface area contributed by atoms with Crippen LogP contribution in [-0.4, -0.2) is 32.7 Å². The summed E-state index contributed by atoms with van der Waals surface area (Å²) < 4.78 is 0. The fraction of sp³-hybridized carbons (Fsp3) is 0.519. The SMILES string of the molecule is CC(=O)C1=C(O)C2C(=O)C3=C(O)c4c(O)c(CC(C)C)cc(C(C)C)c4CC3CC2CC1=O. The van der Waals surface area contributed by atoms with Gasteiger partial charge in [0.2, 0.25) is 0 Å². The summed E-state index contributed by atoms with van der Waals surface area (Å²) in [4.78, 5) is 38.0. The molecule has 0 aliphatic heterocycles. The lowest BCUT2D eigenvalue weighted by Crippen LogP contribution is -2.43. The lowest BCUT2D eigenvalue weighted by atomic mass is 9.61. The van der Waals surface area contributed by atoms with Crippen LogP contribution in [0.15, 0.2) is 23.0 Å². The van der Waals surface area contributed by atoms with Crippen molar-refractivity contribution in [1.29, 1.82) is 0 Å². The molecule has 3 aliphatic carbocycles. The molecule has 6 heteroatoms. The van der Waals surface area contributed by atoms with E-state index in [1.807, 2.05) is 6.07 Å². The molecule has 0 amide bonds. The van der Waals surface area contributed by atoms with Gasteiger partial charge in [0, 0.05) is 12.0 Å². The van der Waals surface area contributed by atoms with Gasteiger partial charge in [-0.25, -0.2) is 0 Å². The van der Waals surface area contributed by atoms with E-state index in [1.54, 1.807) is 0 Å². The maximum Gasteiger partial charge on any atom is 0.173 e. The number of rotatable bonds is 4. The zero-order chi connectivity index (χ0) is 24.4. The molecule has 0 saturated heterocycles. The van der Waals surface area contributed by atoms with Gasteiger partial charge in [0.1, 0.15) is 17.3 Å². The van der Waals surface area contributed by atoms with Crippen LogP contribution in [0.25, 0.3) is 5.76 Å². The molecule has 0 radical (unpaired) electrons. The minimum atomic E-state index is -1.01. The predicted octanol–water partition coefficient (Wildman–Crippen LogP) is 4.73. The largest absolute Gasteiger partial charge is 0.511 e. The fourth-order valence-corrected chi connectivity index (χ4v) is 6.02. The summed E-state index contributed by atoms with van der Waals surface area (Å²) in [5.41, 5.74) is 2.84. The first kappa shape index (κ1) is 23.3. The number of phenols is 1. The molecule has 3 atom stereocenters. The molecule has 33 heavy (non-hydrogen) atoms. The molecule has 1 aromatic carbocycles. The number of fused-ring (bicyclic) bond motifs is 3. The fourth-order valence-electron chi connectivity index (χ4n) is 6.02. The van der Waals surface area contributed by atoms with Crippen LogP contribution in [0.5, 0.6) is 5.75 Å². The highest BCUT2D eigenvalue weighted by molar-refractivity contribution is 6.21. The Morgan fingerprint density at radius 2 is 1.76 bits per heavy atom. The van der Waals surface area contributed by atoms with E-state index in [9.17, 15) is 29.7 Å². The second-order valence-corrected chi connectivity index (χ2v) is 10.5. The van der Waals surface area contributed by atoms with Crippen LogP contribution in [0.3, 0.4) is 0 Å². The third-order valence-corrected chi connectivity index (χ3v) is 7.36. The van der Waals surface area contributed by atoms with Crippen LogP contribution < -0.4 is 0 Å². The van der Waals surface area contributed by atoms with E-state index in [4.69, 9.17) is 0 Å². The van der Waals surface area contributed by atoms with Crippen LogP contribution in [-0.2, 0) is 27.2 Å². The Hall–Kier alpha value is -2.89. The van der Waals surface area contributed by atoms with E-state index in [2.05, 4.69) is 27.7 Å². The first-order chi connectivity index (χ1) is 15.4. The van der Waals surface area contributed by atoms with Gasteiger partial charge < -0.3 is 15.3 Å². The van der Waals surface area contributed by atoms with Gasteiger partial charge in [-0.05, 0) is 66.5 Å². The highest BCUT2D eigenvalue weighted by Gasteiger charge is 2.50. The maximum absolute atomic E-state index is 13.6. The molecule has 1 fully saturated rings. The van der Waals surface area contributed by atoms with E-state index in [-0.39, 0.29) is 40.9 Å². The van der Waals surface area contributed by atoms with E-state index < -0.39 is 34.9 Å². The minimum absolute atomic E-state index is 0.00415. The number of carbonyl (C=O) groups is 3. The normalized spacial score (nSPS) is 24.9. The lowest BCUT2D eigenvalue weighted by Gasteiger charge is -2.41. The Morgan fingerprint density at radius 1 is 1.09 bits per heavy atom. The quantitative estimate of drug-likeness (QED) is 0.569. The standard InChI is InChI=1S/C27H32O6/c1-11(2)6-16-9-17(12(3)4)18-8-14-7-15-10-19(29)20(13(5)28)25(31)22(15)26(32)21(14)27(33)23(18)24(16)30/h9,11-12,14-15,22,30-31,33H,6-8,10H2,1-5H3. The molecule has 0 bridgehead atoms. The van der Waals surface area contributed by atoms with Crippen molar-refractivity contribution in [2.45, 2.75) is 66.2 Å². The monoisotopic (exact) mass is 452 g/mol. The molecular weight excluding hydrogens is 420 g/mol. The molecule has 3 N–H and O–H groups in total. The second-order valence-electron chi connectivity index (χ2n) is 10.5. The molecule has 3 unspecified atom stereocenters.